The highest BCUT2D eigenvalue weighted by Gasteiger charge is 2.26. The van der Waals surface area contributed by atoms with Crippen LogP contribution in [0.4, 0.5) is 0 Å². The van der Waals surface area contributed by atoms with Crippen LogP contribution < -0.4 is 22.1 Å². The van der Waals surface area contributed by atoms with Crippen LogP contribution in [0.2, 0.25) is 0 Å². The molecule has 3 unspecified atom stereocenters. The van der Waals surface area contributed by atoms with Crippen molar-refractivity contribution >= 4 is 36.3 Å². The van der Waals surface area contributed by atoms with Gasteiger partial charge < -0.3 is 32.3 Å². The maximum absolute atomic E-state index is 11.8. The number of carbonyl (C=O) groups excluding carboxylic acids is 3. The Kier molecular flexibility index (Phi) is 9.13. The highest BCUT2D eigenvalue weighted by molar-refractivity contribution is 7.80. The number of nitrogens with two attached hydrogens (primary N) is 2. The molecule has 10 nitrogen and oxygen atoms in total. The zero-order chi connectivity index (χ0) is 17.3. The Morgan fingerprint density at radius 3 is 2.05 bits per heavy atom. The Balaban J connectivity index is 4.57. The molecule has 0 aromatic heterocycles. The lowest BCUT2D eigenvalue weighted by atomic mass is 10.1. The fourth-order valence-electron chi connectivity index (χ4n) is 1.36. The standard InChI is InChI=1S/C11H20N4O6S/c12-5(1-2-8(13)17)9(18)14-6(3-16)10(19)15-7(4-22)11(20)21/h5-7,16,22H,1-4,12H2,(H2,13,17)(H,14,18)(H,15,19)(H,20,21). The smallest absolute Gasteiger partial charge is 0.327 e. The second-order valence-corrected chi connectivity index (χ2v) is 4.80. The van der Waals surface area contributed by atoms with Gasteiger partial charge in [-0.2, -0.15) is 12.6 Å². The van der Waals surface area contributed by atoms with Crippen LogP contribution in [0, 0.1) is 0 Å². The molecule has 22 heavy (non-hydrogen) atoms. The van der Waals surface area contributed by atoms with Crippen LogP contribution in [-0.4, -0.2) is 64.4 Å². The van der Waals surface area contributed by atoms with Gasteiger partial charge in [-0.05, 0) is 6.42 Å². The average Bonchev–Trinajstić information content (AvgIpc) is 2.46. The SMILES string of the molecule is NC(=O)CCC(N)C(=O)NC(CO)C(=O)NC(CS)C(=O)O. The van der Waals surface area contributed by atoms with E-state index in [9.17, 15) is 19.2 Å². The molecule has 0 saturated carbocycles. The number of hydrogen-bond acceptors (Lipinski definition) is 7. The first kappa shape index (κ1) is 20.1. The molecule has 3 atom stereocenters. The summed E-state index contributed by atoms with van der Waals surface area (Å²) in [5.41, 5.74) is 10.4. The summed E-state index contributed by atoms with van der Waals surface area (Å²) in [6.07, 6.45) is -0.124. The first-order valence-corrected chi connectivity index (χ1v) is 6.95. The molecule has 0 fully saturated rings. The Morgan fingerprint density at radius 1 is 1.09 bits per heavy atom. The Hall–Kier alpha value is -1.85. The first-order valence-electron chi connectivity index (χ1n) is 6.32. The number of nitrogens with one attached hydrogen (secondary N) is 2. The molecule has 0 aromatic carbocycles. The summed E-state index contributed by atoms with van der Waals surface area (Å²) in [4.78, 5) is 44.9. The van der Waals surface area contributed by atoms with Crippen LogP contribution in [0.25, 0.3) is 0 Å². The second-order valence-electron chi connectivity index (χ2n) is 4.44. The number of thiol groups is 1. The maximum atomic E-state index is 11.8. The van der Waals surface area contributed by atoms with Crippen molar-refractivity contribution in [2.75, 3.05) is 12.4 Å². The fourth-order valence-corrected chi connectivity index (χ4v) is 1.61. The van der Waals surface area contributed by atoms with E-state index >= 15 is 0 Å². The van der Waals surface area contributed by atoms with E-state index in [4.69, 9.17) is 21.7 Å². The molecular weight excluding hydrogens is 316 g/mol. The second kappa shape index (κ2) is 9.97. The molecule has 0 aliphatic carbocycles. The molecule has 0 aliphatic heterocycles. The van der Waals surface area contributed by atoms with Crippen molar-refractivity contribution in [1.82, 2.24) is 10.6 Å². The van der Waals surface area contributed by atoms with E-state index in [-0.39, 0.29) is 18.6 Å². The van der Waals surface area contributed by atoms with E-state index in [1.165, 1.54) is 0 Å². The van der Waals surface area contributed by atoms with Crippen molar-refractivity contribution in [3.05, 3.63) is 0 Å². The molecule has 126 valence electrons. The molecule has 0 radical (unpaired) electrons. The zero-order valence-electron chi connectivity index (χ0n) is 11.7. The quantitative estimate of drug-likeness (QED) is 0.202. The summed E-state index contributed by atoms with van der Waals surface area (Å²) < 4.78 is 0. The van der Waals surface area contributed by atoms with Crippen LogP contribution in [0.15, 0.2) is 0 Å². The number of amides is 3. The summed E-state index contributed by atoms with van der Waals surface area (Å²) >= 11 is 3.77. The highest BCUT2D eigenvalue weighted by Crippen LogP contribution is 1.96. The van der Waals surface area contributed by atoms with E-state index < -0.39 is 48.4 Å². The van der Waals surface area contributed by atoms with Crippen LogP contribution in [-0.2, 0) is 19.2 Å². The third-order valence-electron chi connectivity index (χ3n) is 2.65. The summed E-state index contributed by atoms with van der Waals surface area (Å²) in [7, 11) is 0. The minimum absolute atomic E-state index is 0.0185. The van der Waals surface area contributed by atoms with Crippen molar-refractivity contribution in [2.24, 2.45) is 11.5 Å². The summed E-state index contributed by atoms with van der Waals surface area (Å²) in [5.74, 6) is -3.75. The molecule has 8 N–H and O–H groups in total. The molecule has 0 bridgehead atoms. The molecule has 0 heterocycles. The average molecular weight is 336 g/mol. The molecule has 3 amide bonds. The third kappa shape index (κ3) is 7.24. The first-order chi connectivity index (χ1) is 10.2. The van der Waals surface area contributed by atoms with E-state index in [2.05, 4.69) is 23.3 Å². The van der Waals surface area contributed by atoms with Gasteiger partial charge in [-0.25, -0.2) is 4.79 Å². The lowest BCUT2D eigenvalue weighted by Gasteiger charge is -2.20. The van der Waals surface area contributed by atoms with Gasteiger partial charge in [-0.15, -0.1) is 0 Å². The largest absolute Gasteiger partial charge is 0.480 e. The van der Waals surface area contributed by atoms with Gasteiger partial charge in [0.2, 0.25) is 17.7 Å². The molecule has 0 rings (SSSR count). The maximum Gasteiger partial charge on any atom is 0.327 e. The van der Waals surface area contributed by atoms with E-state index in [1.807, 2.05) is 0 Å². The minimum atomic E-state index is -1.37. The number of carbonyl (C=O) groups is 4. The molecule has 0 aromatic rings. The Bertz CT molecular complexity index is 433. The summed E-state index contributed by atoms with van der Waals surface area (Å²) in [6, 6.07) is -3.71. The highest BCUT2D eigenvalue weighted by atomic mass is 32.1. The molecular formula is C11H20N4O6S. The van der Waals surface area contributed by atoms with Crippen molar-refractivity contribution < 1.29 is 29.4 Å². The molecule has 0 aliphatic rings. The van der Waals surface area contributed by atoms with Crippen LogP contribution in [0.5, 0.6) is 0 Å². The fraction of sp³-hybridized carbons (Fsp3) is 0.636. The van der Waals surface area contributed by atoms with Gasteiger partial charge in [-0.3, -0.25) is 14.4 Å². The predicted molar refractivity (Wildman–Crippen MR) is 78.8 cm³/mol. The minimum Gasteiger partial charge on any atom is -0.480 e. The predicted octanol–water partition coefficient (Wildman–Crippen LogP) is -3.44. The van der Waals surface area contributed by atoms with Gasteiger partial charge in [0.15, 0.2) is 0 Å². The number of rotatable bonds is 10. The van der Waals surface area contributed by atoms with Crippen molar-refractivity contribution in [1.29, 1.82) is 0 Å². The van der Waals surface area contributed by atoms with Gasteiger partial charge in [0.25, 0.3) is 0 Å². The topological polar surface area (TPSA) is 185 Å². The van der Waals surface area contributed by atoms with Crippen molar-refractivity contribution in [2.45, 2.75) is 31.0 Å². The van der Waals surface area contributed by atoms with Gasteiger partial charge in [0.1, 0.15) is 12.1 Å². The Morgan fingerprint density at radius 2 is 1.64 bits per heavy atom. The zero-order valence-corrected chi connectivity index (χ0v) is 12.6. The van der Waals surface area contributed by atoms with Crippen molar-refractivity contribution in [3.8, 4) is 0 Å². The van der Waals surface area contributed by atoms with Gasteiger partial charge in [-0.1, -0.05) is 0 Å². The van der Waals surface area contributed by atoms with E-state index in [1.54, 1.807) is 0 Å². The van der Waals surface area contributed by atoms with Crippen LogP contribution in [0.1, 0.15) is 12.8 Å². The van der Waals surface area contributed by atoms with Gasteiger partial charge in [0.05, 0.1) is 12.6 Å². The summed E-state index contributed by atoms with van der Waals surface area (Å²) in [5, 5.41) is 22.2. The number of carboxylic acids is 1. The number of aliphatic carboxylic acids is 1. The van der Waals surface area contributed by atoms with Crippen LogP contribution >= 0.6 is 12.6 Å². The van der Waals surface area contributed by atoms with Gasteiger partial charge in [0, 0.05) is 12.2 Å². The number of carboxylic acid groups (broad SMARTS) is 1. The van der Waals surface area contributed by atoms with Crippen LogP contribution in [0.3, 0.4) is 0 Å². The van der Waals surface area contributed by atoms with Crippen molar-refractivity contribution in [3.63, 3.8) is 0 Å². The van der Waals surface area contributed by atoms with E-state index in [0.29, 0.717) is 0 Å². The lowest BCUT2D eigenvalue weighted by Crippen LogP contribution is -2.56. The lowest BCUT2D eigenvalue weighted by molar-refractivity contribution is -0.141. The number of primary amides is 1. The monoisotopic (exact) mass is 336 g/mol. The summed E-state index contributed by atoms with van der Waals surface area (Å²) in [6.45, 7) is -0.751. The molecule has 0 saturated heterocycles. The van der Waals surface area contributed by atoms with Gasteiger partial charge >= 0.3 is 5.97 Å². The number of hydrogen-bond donors (Lipinski definition) is 7. The number of aliphatic hydroxyl groups excluding tert-OH is 1. The van der Waals surface area contributed by atoms with E-state index in [0.717, 1.165) is 0 Å². The normalized spacial score (nSPS) is 14.5. The molecule has 0 spiro atoms. The Labute approximate surface area is 132 Å². The third-order valence-corrected chi connectivity index (χ3v) is 3.02. The number of aliphatic hydroxyl groups is 1. The molecule has 11 heteroatoms.